The Morgan fingerprint density at radius 1 is 1.20 bits per heavy atom. The van der Waals surface area contributed by atoms with Gasteiger partial charge in [0.05, 0.1) is 23.3 Å². The minimum Gasteiger partial charge on any atom is -0.359 e. The smallest absolute Gasteiger partial charge is 0.261 e. The number of aryl methyl sites for hydroxylation is 2. The SMILES string of the molecule is CCn1cc(C(=O)Nc2ccccc2N2CCNC(=O)C2)c(=O)c2ccc(C)nc21. The van der Waals surface area contributed by atoms with Gasteiger partial charge >= 0.3 is 0 Å². The highest BCUT2D eigenvalue weighted by molar-refractivity contribution is 6.07. The van der Waals surface area contributed by atoms with E-state index in [9.17, 15) is 14.4 Å². The number of nitrogens with one attached hydrogen (secondary N) is 2. The lowest BCUT2D eigenvalue weighted by atomic mass is 10.1. The van der Waals surface area contributed by atoms with Gasteiger partial charge in [0, 0.05) is 31.5 Å². The van der Waals surface area contributed by atoms with Gasteiger partial charge < -0.3 is 20.1 Å². The van der Waals surface area contributed by atoms with Crippen LogP contribution in [0.5, 0.6) is 0 Å². The Balaban J connectivity index is 1.71. The Morgan fingerprint density at radius 3 is 2.77 bits per heavy atom. The van der Waals surface area contributed by atoms with Crippen molar-refractivity contribution in [2.45, 2.75) is 20.4 Å². The molecule has 30 heavy (non-hydrogen) atoms. The molecule has 3 aromatic rings. The molecule has 1 aliphatic heterocycles. The number of para-hydroxylation sites is 2. The number of benzene rings is 1. The molecule has 2 N–H and O–H groups in total. The zero-order valence-electron chi connectivity index (χ0n) is 16.9. The molecule has 0 atom stereocenters. The van der Waals surface area contributed by atoms with Crippen molar-refractivity contribution >= 4 is 34.2 Å². The molecular weight excluding hydrogens is 382 g/mol. The summed E-state index contributed by atoms with van der Waals surface area (Å²) in [7, 11) is 0. The van der Waals surface area contributed by atoms with Crippen molar-refractivity contribution in [2.75, 3.05) is 29.9 Å². The van der Waals surface area contributed by atoms with Crippen LogP contribution in [0.3, 0.4) is 0 Å². The maximum Gasteiger partial charge on any atom is 0.261 e. The van der Waals surface area contributed by atoms with E-state index in [1.807, 2.05) is 30.9 Å². The first-order valence-corrected chi connectivity index (χ1v) is 9.90. The maximum atomic E-state index is 13.1. The zero-order chi connectivity index (χ0) is 21.3. The van der Waals surface area contributed by atoms with Crippen molar-refractivity contribution < 1.29 is 9.59 Å². The number of carbonyl (C=O) groups excluding carboxylic acids is 2. The standard InChI is InChI=1S/C22H23N5O3/c1-3-26-12-16(20(29)15-9-8-14(2)24-21(15)26)22(30)25-17-6-4-5-7-18(17)27-11-10-23-19(28)13-27/h4-9,12H,3,10-11,13H2,1-2H3,(H,23,28)(H,25,30). The molecule has 154 valence electrons. The number of hydrogen-bond acceptors (Lipinski definition) is 5. The molecule has 1 aromatic carbocycles. The second kappa shape index (κ2) is 7.98. The van der Waals surface area contributed by atoms with Gasteiger partial charge in [0.15, 0.2) is 0 Å². The number of piperazine rings is 1. The third-order valence-electron chi connectivity index (χ3n) is 5.18. The lowest BCUT2D eigenvalue weighted by molar-refractivity contribution is -0.120. The van der Waals surface area contributed by atoms with Gasteiger partial charge in [0.2, 0.25) is 11.3 Å². The second-order valence-electron chi connectivity index (χ2n) is 7.22. The number of anilines is 2. The number of fused-ring (bicyclic) bond motifs is 1. The molecule has 0 saturated carbocycles. The lowest BCUT2D eigenvalue weighted by Crippen LogP contribution is -2.47. The molecule has 0 aliphatic carbocycles. The number of nitrogens with zero attached hydrogens (tertiary/aromatic N) is 3. The Hall–Kier alpha value is -3.68. The van der Waals surface area contributed by atoms with Crippen molar-refractivity contribution in [3.63, 3.8) is 0 Å². The van der Waals surface area contributed by atoms with E-state index in [1.54, 1.807) is 35.0 Å². The van der Waals surface area contributed by atoms with Gasteiger partial charge in [-0.3, -0.25) is 14.4 Å². The highest BCUT2D eigenvalue weighted by atomic mass is 16.2. The molecule has 8 heteroatoms. The van der Waals surface area contributed by atoms with E-state index in [1.165, 1.54) is 0 Å². The third-order valence-corrected chi connectivity index (χ3v) is 5.18. The highest BCUT2D eigenvalue weighted by Gasteiger charge is 2.21. The van der Waals surface area contributed by atoms with Crippen LogP contribution in [0.15, 0.2) is 47.4 Å². The third kappa shape index (κ3) is 3.63. The maximum absolute atomic E-state index is 13.1. The lowest BCUT2D eigenvalue weighted by Gasteiger charge is -2.30. The van der Waals surface area contributed by atoms with E-state index in [-0.39, 0.29) is 23.4 Å². The van der Waals surface area contributed by atoms with Gasteiger partial charge in [-0.2, -0.15) is 0 Å². The number of hydrogen-bond donors (Lipinski definition) is 2. The molecule has 8 nitrogen and oxygen atoms in total. The van der Waals surface area contributed by atoms with E-state index in [0.29, 0.717) is 36.4 Å². The molecular formula is C22H23N5O3. The van der Waals surface area contributed by atoms with Crippen LogP contribution in [-0.4, -0.2) is 41.0 Å². The largest absolute Gasteiger partial charge is 0.359 e. The average Bonchev–Trinajstić information content (AvgIpc) is 2.74. The number of aromatic nitrogens is 2. The molecule has 0 bridgehead atoms. The number of carbonyl (C=O) groups is 2. The van der Waals surface area contributed by atoms with Gasteiger partial charge in [0.25, 0.3) is 5.91 Å². The van der Waals surface area contributed by atoms with E-state index in [0.717, 1.165) is 11.4 Å². The molecule has 3 heterocycles. The summed E-state index contributed by atoms with van der Waals surface area (Å²) in [6, 6.07) is 10.8. The summed E-state index contributed by atoms with van der Waals surface area (Å²) >= 11 is 0. The molecule has 1 fully saturated rings. The van der Waals surface area contributed by atoms with Crippen LogP contribution in [0, 0.1) is 6.92 Å². The molecule has 0 unspecified atom stereocenters. The predicted molar refractivity (Wildman–Crippen MR) is 116 cm³/mol. The number of pyridine rings is 2. The van der Waals surface area contributed by atoms with Gasteiger partial charge in [0.1, 0.15) is 11.2 Å². The molecule has 1 saturated heterocycles. The molecule has 0 radical (unpaired) electrons. The van der Waals surface area contributed by atoms with Crippen LogP contribution in [-0.2, 0) is 11.3 Å². The zero-order valence-corrected chi connectivity index (χ0v) is 16.9. The summed E-state index contributed by atoms with van der Waals surface area (Å²) in [6.45, 7) is 5.78. The fourth-order valence-electron chi connectivity index (χ4n) is 3.65. The van der Waals surface area contributed by atoms with E-state index in [4.69, 9.17) is 0 Å². The van der Waals surface area contributed by atoms with Crippen LogP contribution < -0.4 is 21.0 Å². The summed E-state index contributed by atoms with van der Waals surface area (Å²) in [4.78, 5) is 44.2. The van der Waals surface area contributed by atoms with Crippen LogP contribution in [0.1, 0.15) is 23.0 Å². The van der Waals surface area contributed by atoms with E-state index in [2.05, 4.69) is 15.6 Å². The van der Waals surface area contributed by atoms with Crippen molar-refractivity contribution in [3.8, 4) is 0 Å². The number of amides is 2. The van der Waals surface area contributed by atoms with Gasteiger partial charge in [-0.15, -0.1) is 0 Å². The van der Waals surface area contributed by atoms with E-state index < -0.39 is 5.91 Å². The van der Waals surface area contributed by atoms with E-state index >= 15 is 0 Å². The molecule has 1 aliphatic rings. The monoisotopic (exact) mass is 405 g/mol. The summed E-state index contributed by atoms with van der Waals surface area (Å²) in [5.74, 6) is -0.552. The van der Waals surface area contributed by atoms with Crippen molar-refractivity contribution in [1.29, 1.82) is 0 Å². The van der Waals surface area contributed by atoms with Crippen LogP contribution in [0.25, 0.3) is 11.0 Å². The molecule has 2 aromatic heterocycles. The van der Waals surface area contributed by atoms with Gasteiger partial charge in [-0.1, -0.05) is 12.1 Å². The minimum absolute atomic E-state index is 0.0567. The first kappa shape index (κ1) is 19.6. The fraction of sp³-hybridized carbons (Fsp3) is 0.273. The first-order chi connectivity index (χ1) is 14.5. The topological polar surface area (TPSA) is 96.3 Å². The second-order valence-corrected chi connectivity index (χ2v) is 7.22. The summed E-state index contributed by atoms with van der Waals surface area (Å²) in [5.41, 5.74) is 2.38. The Labute approximate surface area is 173 Å². The van der Waals surface area contributed by atoms with Crippen molar-refractivity contribution in [1.82, 2.24) is 14.9 Å². The highest BCUT2D eigenvalue weighted by Crippen LogP contribution is 2.26. The average molecular weight is 405 g/mol. The van der Waals surface area contributed by atoms with Crippen LogP contribution in [0.4, 0.5) is 11.4 Å². The molecule has 4 rings (SSSR count). The summed E-state index contributed by atoms with van der Waals surface area (Å²) in [6.07, 6.45) is 1.56. The number of rotatable bonds is 4. The Morgan fingerprint density at radius 2 is 2.00 bits per heavy atom. The minimum atomic E-state index is -0.487. The van der Waals surface area contributed by atoms with Crippen molar-refractivity contribution in [2.24, 2.45) is 0 Å². The van der Waals surface area contributed by atoms with Crippen LogP contribution >= 0.6 is 0 Å². The first-order valence-electron chi connectivity index (χ1n) is 9.90. The Kier molecular flexibility index (Phi) is 5.22. The fourth-order valence-corrected chi connectivity index (χ4v) is 3.65. The quantitative estimate of drug-likeness (QED) is 0.691. The summed E-state index contributed by atoms with van der Waals surface area (Å²) in [5, 5.41) is 6.07. The predicted octanol–water partition coefficient (Wildman–Crippen LogP) is 1.91. The Bertz CT molecular complexity index is 1200. The summed E-state index contributed by atoms with van der Waals surface area (Å²) < 4.78 is 1.81. The van der Waals surface area contributed by atoms with Gasteiger partial charge in [-0.05, 0) is 38.1 Å². The molecule has 0 spiro atoms. The molecule has 2 amide bonds. The van der Waals surface area contributed by atoms with Crippen molar-refractivity contribution in [3.05, 3.63) is 64.1 Å². The van der Waals surface area contributed by atoms with Gasteiger partial charge in [-0.25, -0.2) is 4.98 Å². The normalized spacial score (nSPS) is 13.9. The van der Waals surface area contributed by atoms with Crippen LogP contribution in [0.2, 0.25) is 0 Å².